The Hall–Kier alpha value is -1.53. The number of aromatic nitrogens is 2. The smallest absolute Gasteiger partial charge is 0.162 e. The fourth-order valence-electron chi connectivity index (χ4n) is 2.19. The summed E-state index contributed by atoms with van der Waals surface area (Å²) in [5.41, 5.74) is 7.68. The second-order valence-corrected chi connectivity index (χ2v) is 5.04. The van der Waals surface area contributed by atoms with Crippen LogP contribution in [0.5, 0.6) is 11.5 Å². The fraction of sp³-hybridized carbons (Fsp3) is 0.308. The Morgan fingerprint density at radius 3 is 2.74 bits per heavy atom. The van der Waals surface area contributed by atoms with E-state index in [4.69, 9.17) is 15.2 Å². The van der Waals surface area contributed by atoms with Crippen LogP contribution in [-0.4, -0.2) is 22.8 Å². The van der Waals surface area contributed by atoms with E-state index < -0.39 is 0 Å². The van der Waals surface area contributed by atoms with Gasteiger partial charge in [-0.1, -0.05) is 0 Å². The van der Waals surface area contributed by atoms with Crippen LogP contribution in [0.25, 0.3) is 11.3 Å². The third-order valence-electron chi connectivity index (χ3n) is 3.14. The largest absolute Gasteiger partial charge is 0.486 e. The summed E-state index contributed by atoms with van der Waals surface area (Å²) in [6.45, 7) is 1.58. The number of imidazole rings is 1. The van der Waals surface area contributed by atoms with Crippen molar-refractivity contribution in [1.82, 2.24) is 9.55 Å². The highest BCUT2D eigenvalue weighted by atomic mass is 79.9. The zero-order valence-electron chi connectivity index (χ0n) is 10.5. The lowest BCUT2D eigenvalue weighted by Crippen LogP contribution is -2.15. The van der Waals surface area contributed by atoms with Crippen LogP contribution >= 0.6 is 15.9 Å². The maximum Gasteiger partial charge on any atom is 0.162 e. The molecule has 2 aromatic rings. The average Bonchev–Trinajstić information content (AvgIpc) is 2.73. The van der Waals surface area contributed by atoms with Gasteiger partial charge in [-0.25, -0.2) is 4.98 Å². The number of nitrogens with two attached hydrogens (primary N) is 1. The Bertz CT molecular complexity index is 625. The molecule has 100 valence electrons. The maximum atomic E-state index is 5.67. The Morgan fingerprint density at radius 1 is 1.32 bits per heavy atom. The van der Waals surface area contributed by atoms with Crippen LogP contribution in [-0.2, 0) is 13.6 Å². The van der Waals surface area contributed by atoms with Gasteiger partial charge in [-0.15, -0.1) is 0 Å². The van der Waals surface area contributed by atoms with Crippen LogP contribution in [0.3, 0.4) is 0 Å². The normalized spacial score (nSPS) is 13.6. The first-order chi connectivity index (χ1) is 9.20. The van der Waals surface area contributed by atoms with Crippen molar-refractivity contribution < 1.29 is 9.47 Å². The number of fused-ring (bicyclic) bond motifs is 1. The van der Waals surface area contributed by atoms with Gasteiger partial charge in [0.25, 0.3) is 0 Å². The van der Waals surface area contributed by atoms with E-state index in [2.05, 4.69) is 20.9 Å². The van der Waals surface area contributed by atoms with Crippen molar-refractivity contribution in [2.75, 3.05) is 13.2 Å². The number of hydrogen-bond acceptors (Lipinski definition) is 4. The Morgan fingerprint density at radius 2 is 2.05 bits per heavy atom. The molecule has 1 aromatic heterocycles. The first-order valence-electron chi connectivity index (χ1n) is 6.02. The minimum atomic E-state index is 0.402. The summed E-state index contributed by atoms with van der Waals surface area (Å²) in [7, 11) is 1.95. The van der Waals surface area contributed by atoms with Gasteiger partial charge >= 0.3 is 0 Å². The van der Waals surface area contributed by atoms with E-state index >= 15 is 0 Å². The number of halogens is 1. The molecule has 19 heavy (non-hydrogen) atoms. The lowest BCUT2D eigenvalue weighted by molar-refractivity contribution is 0.171. The molecule has 2 N–H and O–H groups in total. The third kappa shape index (κ3) is 2.11. The van der Waals surface area contributed by atoms with Crippen LogP contribution < -0.4 is 15.2 Å². The summed E-state index contributed by atoms with van der Waals surface area (Å²) in [5, 5.41) is 0. The average molecular weight is 324 g/mol. The second kappa shape index (κ2) is 4.86. The summed E-state index contributed by atoms with van der Waals surface area (Å²) in [5.74, 6) is 2.38. The quantitative estimate of drug-likeness (QED) is 0.919. The Labute approximate surface area is 119 Å². The van der Waals surface area contributed by atoms with Crippen molar-refractivity contribution >= 4 is 15.9 Å². The van der Waals surface area contributed by atoms with Gasteiger partial charge in [0.15, 0.2) is 11.5 Å². The van der Waals surface area contributed by atoms with E-state index in [1.54, 1.807) is 0 Å². The molecule has 1 aromatic carbocycles. The molecule has 0 unspecified atom stereocenters. The van der Waals surface area contributed by atoms with E-state index in [-0.39, 0.29) is 0 Å². The number of benzene rings is 1. The van der Waals surface area contributed by atoms with Crippen LogP contribution in [0.2, 0.25) is 0 Å². The summed E-state index contributed by atoms with van der Waals surface area (Å²) in [4.78, 5) is 4.40. The zero-order chi connectivity index (χ0) is 13.4. The summed E-state index contributed by atoms with van der Waals surface area (Å²) in [6.07, 6.45) is 0. The predicted octanol–water partition coefficient (Wildman–Crippen LogP) is 2.08. The highest BCUT2D eigenvalue weighted by Crippen LogP contribution is 2.36. The molecule has 0 bridgehead atoms. The molecular formula is C13H14BrN3O2. The monoisotopic (exact) mass is 323 g/mol. The van der Waals surface area contributed by atoms with Crippen molar-refractivity contribution in [3.8, 4) is 22.8 Å². The van der Waals surface area contributed by atoms with E-state index in [0.29, 0.717) is 19.8 Å². The van der Waals surface area contributed by atoms with Gasteiger partial charge in [0.1, 0.15) is 23.6 Å². The molecule has 0 atom stereocenters. The van der Waals surface area contributed by atoms with Gasteiger partial charge < -0.3 is 19.8 Å². The second-order valence-electron chi connectivity index (χ2n) is 4.29. The first-order valence-corrected chi connectivity index (χ1v) is 6.81. The van der Waals surface area contributed by atoms with Gasteiger partial charge in [0.2, 0.25) is 0 Å². The minimum absolute atomic E-state index is 0.402. The SMILES string of the molecule is Cn1c(CN)nc(Br)c1-c1ccc2c(c1)OCCO2. The Balaban J connectivity index is 2.09. The molecule has 6 heteroatoms. The molecule has 5 nitrogen and oxygen atoms in total. The topological polar surface area (TPSA) is 62.3 Å². The van der Waals surface area contributed by atoms with Gasteiger partial charge in [-0.2, -0.15) is 0 Å². The van der Waals surface area contributed by atoms with E-state index in [0.717, 1.165) is 33.2 Å². The lowest BCUT2D eigenvalue weighted by atomic mass is 10.1. The lowest BCUT2D eigenvalue weighted by Gasteiger charge is -2.19. The molecule has 0 fully saturated rings. The number of ether oxygens (including phenoxy) is 2. The number of nitrogens with zero attached hydrogens (tertiary/aromatic N) is 2. The third-order valence-corrected chi connectivity index (χ3v) is 3.70. The van der Waals surface area contributed by atoms with Gasteiger partial charge in [0, 0.05) is 12.6 Å². The zero-order valence-corrected chi connectivity index (χ0v) is 12.1. The van der Waals surface area contributed by atoms with Crippen molar-refractivity contribution in [2.45, 2.75) is 6.54 Å². The van der Waals surface area contributed by atoms with E-state index in [9.17, 15) is 0 Å². The number of rotatable bonds is 2. The molecule has 0 saturated heterocycles. The molecule has 2 heterocycles. The highest BCUT2D eigenvalue weighted by molar-refractivity contribution is 9.10. The first kappa shape index (κ1) is 12.5. The van der Waals surface area contributed by atoms with Crippen molar-refractivity contribution in [3.05, 3.63) is 28.6 Å². The number of hydrogen-bond donors (Lipinski definition) is 1. The van der Waals surface area contributed by atoms with Crippen molar-refractivity contribution in [3.63, 3.8) is 0 Å². The van der Waals surface area contributed by atoms with E-state index in [1.165, 1.54) is 0 Å². The van der Waals surface area contributed by atoms with Gasteiger partial charge in [-0.3, -0.25) is 0 Å². The summed E-state index contributed by atoms with van der Waals surface area (Å²) >= 11 is 3.48. The molecule has 1 aliphatic rings. The Kier molecular flexibility index (Phi) is 3.20. The van der Waals surface area contributed by atoms with Gasteiger partial charge in [0.05, 0.1) is 12.2 Å². The van der Waals surface area contributed by atoms with Crippen LogP contribution in [0.1, 0.15) is 5.82 Å². The fourth-order valence-corrected chi connectivity index (χ4v) is 2.89. The minimum Gasteiger partial charge on any atom is -0.486 e. The van der Waals surface area contributed by atoms with Crippen LogP contribution in [0, 0.1) is 0 Å². The maximum absolute atomic E-state index is 5.67. The van der Waals surface area contributed by atoms with E-state index in [1.807, 2.05) is 29.8 Å². The molecule has 1 aliphatic heterocycles. The molecule has 0 amide bonds. The molecule has 0 aliphatic carbocycles. The summed E-state index contributed by atoms with van der Waals surface area (Å²) in [6, 6.07) is 5.89. The van der Waals surface area contributed by atoms with Gasteiger partial charge in [-0.05, 0) is 34.1 Å². The van der Waals surface area contributed by atoms with Crippen molar-refractivity contribution in [2.24, 2.45) is 12.8 Å². The predicted molar refractivity (Wildman–Crippen MR) is 75.2 cm³/mol. The molecule has 0 radical (unpaired) electrons. The van der Waals surface area contributed by atoms with Crippen LogP contribution in [0.4, 0.5) is 0 Å². The van der Waals surface area contributed by atoms with Crippen LogP contribution in [0.15, 0.2) is 22.8 Å². The standard InChI is InChI=1S/C13H14BrN3O2/c1-17-11(7-15)16-13(14)12(17)8-2-3-9-10(6-8)19-5-4-18-9/h2-3,6H,4-5,7,15H2,1H3. The molecule has 3 rings (SSSR count). The molecule has 0 spiro atoms. The highest BCUT2D eigenvalue weighted by Gasteiger charge is 2.17. The summed E-state index contributed by atoms with van der Waals surface area (Å²) < 4.78 is 13.9. The molecule has 0 saturated carbocycles. The molecular weight excluding hydrogens is 310 g/mol. The van der Waals surface area contributed by atoms with Crippen molar-refractivity contribution in [1.29, 1.82) is 0 Å².